The molecule has 0 aliphatic carbocycles. The third-order valence-electron chi connectivity index (χ3n) is 2.36. The summed E-state index contributed by atoms with van der Waals surface area (Å²) in [5.41, 5.74) is 4.23. The number of terminal acetylenes is 1. The highest BCUT2D eigenvalue weighted by Crippen LogP contribution is 2.10. The van der Waals surface area contributed by atoms with Crippen LogP contribution in [0, 0.1) is 18.2 Å². The van der Waals surface area contributed by atoms with Crippen LogP contribution in [0.15, 0.2) is 53.6 Å². The van der Waals surface area contributed by atoms with Crippen LogP contribution >= 0.6 is 0 Å². The van der Waals surface area contributed by atoms with Crippen molar-refractivity contribution in [2.24, 2.45) is 5.10 Å². The van der Waals surface area contributed by atoms with Gasteiger partial charge >= 0.3 is 0 Å². The number of para-hydroxylation sites is 1. The van der Waals surface area contributed by atoms with Gasteiger partial charge in [-0.2, -0.15) is 5.10 Å². The molecule has 2 nitrogen and oxygen atoms in total. The van der Waals surface area contributed by atoms with Gasteiger partial charge in [-0.15, -0.1) is 6.42 Å². The van der Waals surface area contributed by atoms with Crippen LogP contribution in [0.5, 0.6) is 0 Å². The van der Waals surface area contributed by atoms with Crippen LogP contribution < -0.4 is 5.43 Å². The van der Waals surface area contributed by atoms with Crippen molar-refractivity contribution in [3.63, 3.8) is 0 Å². The zero-order chi connectivity index (χ0) is 12.8. The second-order valence-corrected chi connectivity index (χ2v) is 3.59. The van der Waals surface area contributed by atoms with Gasteiger partial charge in [-0.25, -0.2) is 4.39 Å². The number of hydrogen-bond donors (Lipinski definition) is 1. The van der Waals surface area contributed by atoms with Crippen LogP contribution in [0.4, 0.5) is 10.1 Å². The summed E-state index contributed by atoms with van der Waals surface area (Å²) in [6.07, 6.45) is 6.60. The predicted molar refractivity (Wildman–Crippen MR) is 72.0 cm³/mol. The van der Waals surface area contributed by atoms with E-state index in [4.69, 9.17) is 6.42 Å². The molecule has 1 N–H and O–H groups in total. The molecule has 0 heterocycles. The molecule has 0 aliphatic rings. The van der Waals surface area contributed by atoms with Crippen molar-refractivity contribution in [3.8, 4) is 12.3 Å². The van der Waals surface area contributed by atoms with Crippen LogP contribution in [-0.2, 0) is 0 Å². The van der Waals surface area contributed by atoms with E-state index in [1.165, 1.54) is 6.21 Å². The Labute approximate surface area is 105 Å². The first-order chi connectivity index (χ1) is 8.81. The minimum atomic E-state index is -0.432. The lowest BCUT2D eigenvalue weighted by Crippen LogP contribution is -1.95. The Bertz CT molecular complexity index is 598. The summed E-state index contributed by atoms with van der Waals surface area (Å²) in [5.74, 6) is 1.85. The van der Waals surface area contributed by atoms with E-state index in [0.29, 0.717) is 5.56 Å². The van der Waals surface area contributed by atoms with Crippen LogP contribution in [0.2, 0.25) is 0 Å². The summed E-state index contributed by atoms with van der Waals surface area (Å²) in [7, 11) is 0. The molecule has 2 aromatic rings. The van der Waals surface area contributed by atoms with Gasteiger partial charge in [0.25, 0.3) is 0 Å². The largest absolute Gasteiger partial charge is 0.279 e. The van der Waals surface area contributed by atoms with Gasteiger partial charge < -0.3 is 0 Å². The van der Waals surface area contributed by atoms with Crippen LogP contribution in [0.25, 0.3) is 0 Å². The molecule has 18 heavy (non-hydrogen) atoms. The number of nitrogens with one attached hydrogen (secondary N) is 1. The molecule has 88 valence electrons. The molecule has 0 amide bonds. The Morgan fingerprint density at radius 1 is 1.11 bits per heavy atom. The van der Waals surface area contributed by atoms with Crippen molar-refractivity contribution in [2.45, 2.75) is 0 Å². The number of benzene rings is 2. The lowest BCUT2D eigenvalue weighted by atomic mass is 10.1. The van der Waals surface area contributed by atoms with Crippen molar-refractivity contribution in [1.82, 2.24) is 0 Å². The number of halogens is 1. The number of hydrazone groups is 1. The number of anilines is 1. The monoisotopic (exact) mass is 238 g/mol. The maximum atomic E-state index is 13.7. The van der Waals surface area contributed by atoms with Gasteiger partial charge in [0.05, 0.1) is 17.5 Å². The molecule has 0 aromatic heterocycles. The molecular weight excluding hydrogens is 227 g/mol. The topological polar surface area (TPSA) is 24.4 Å². The first kappa shape index (κ1) is 11.9. The quantitative estimate of drug-likeness (QED) is 0.495. The van der Waals surface area contributed by atoms with Gasteiger partial charge in [0.1, 0.15) is 5.82 Å². The molecule has 2 aromatic carbocycles. The minimum Gasteiger partial charge on any atom is -0.279 e. The van der Waals surface area contributed by atoms with E-state index < -0.39 is 5.82 Å². The second-order valence-electron chi connectivity index (χ2n) is 3.59. The van der Waals surface area contributed by atoms with Crippen LogP contribution in [-0.4, -0.2) is 6.21 Å². The highest BCUT2D eigenvalue weighted by molar-refractivity contribution is 5.81. The van der Waals surface area contributed by atoms with Gasteiger partial charge in [0.2, 0.25) is 0 Å². The van der Waals surface area contributed by atoms with E-state index in [2.05, 4.69) is 16.4 Å². The molecule has 3 heteroatoms. The van der Waals surface area contributed by atoms with E-state index in [0.717, 1.165) is 5.69 Å². The molecule has 0 unspecified atom stereocenters. The average molecular weight is 238 g/mol. The van der Waals surface area contributed by atoms with Gasteiger partial charge in [-0.1, -0.05) is 36.3 Å². The third-order valence-corrected chi connectivity index (χ3v) is 2.36. The number of rotatable bonds is 3. The summed E-state index contributed by atoms with van der Waals surface area (Å²) in [6, 6.07) is 14.3. The summed E-state index contributed by atoms with van der Waals surface area (Å²) in [6.45, 7) is 0. The fourth-order valence-electron chi connectivity index (χ4n) is 1.45. The standard InChI is InChI=1S/C15H11FN2/c1-2-12-7-6-8-13(15(12)16)11-17-18-14-9-4-3-5-10-14/h1,3-11,18H. The Kier molecular flexibility index (Phi) is 3.72. The minimum absolute atomic E-state index is 0.235. The van der Waals surface area contributed by atoms with E-state index in [-0.39, 0.29) is 5.56 Å². The van der Waals surface area contributed by atoms with Gasteiger partial charge in [-0.3, -0.25) is 5.43 Å². The smallest absolute Gasteiger partial charge is 0.147 e. The van der Waals surface area contributed by atoms with Gasteiger partial charge in [-0.05, 0) is 18.2 Å². The zero-order valence-corrected chi connectivity index (χ0v) is 9.60. The van der Waals surface area contributed by atoms with Crippen molar-refractivity contribution in [3.05, 3.63) is 65.5 Å². The van der Waals surface area contributed by atoms with Crippen molar-refractivity contribution >= 4 is 11.9 Å². The average Bonchev–Trinajstić information content (AvgIpc) is 2.42. The lowest BCUT2D eigenvalue weighted by molar-refractivity contribution is 0.622. The highest BCUT2D eigenvalue weighted by Gasteiger charge is 2.03. The van der Waals surface area contributed by atoms with Gasteiger partial charge in [0.15, 0.2) is 0 Å². The maximum Gasteiger partial charge on any atom is 0.147 e. The predicted octanol–water partition coefficient (Wildman–Crippen LogP) is 3.25. The third kappa shape index (κ3) is 2.74. The molecule has 0 radical (unpaired) electrons. The van der Waals surface area contributed by atoms with Crippen LogP contribution in [0.3, 0.4) is 0 Å². The summed E-state index contributed by atoms with van der Waals surface area (Å²) in [5, 5.41) is 3.96. The zero-order valence-electron chi connectivity index (χ0n) is 9.60. The molecule has 0 spiro atoms. The molecular formula is C15H11FN2. The molecule has 0 fully saturated rings. The molecule has 0 atom stereocenters. The molecule has 0 saturated carbocycles. The van der Waals surface area contributed by atoms with Crippen molar-refractivity contribution in [2.75, 3.05) is 5.43 Å². The Balaban J connectivity index is 2.13. The Morgan fingerprint density at radius 3 is 2.61 bits per heavy atom. The molecule has 2 rings (SSSR count). The Morgan fingerprint density at radius 2 is 1.89 bits per heavy atom. The number of hydrogen-bond acceptors (Lipinski definition) is 2. The summed E-state index contributed by atoms with van der Waals surface area (Å²) < 4.78 is 13.7. The van der Waals surface area contributed by atoms with Crippen molar-refractivity contribution < 1.29 is 4.39 Å². The van der Waals surface area contributed by atoms with E-state index >= 15 is 0 Å². The fourth-order valence-corrected chi connectivity index (χ4v) is 1.45. The first-order valence-corrected chi connectivity index (χ1v) is 5.40. The van der Waals surface area contributed by atoms with E-state index in [9.17, 15) is 4.39 Å². The van der Waals surface area contributed by atoms with Crippen LogP contribution in [0.1, 0.15) is 11.1 Å². The maximum absolute atomic E-state index is 13.7. The van der Waals surface area contributed by atoms with Crippen molar-refractivity contribution in [1.29, 1.82) is 0 Å². The Hall–Kier alpha value is -2.60. The summed E-state index contributed by atoms with van der Waals surface area (Å²) in [4.78, 5) is 0. The second kappa shape index (κ2) is 5.65. The SMILES string of the molecule is C#Cc1cccc(C=NNc2ccccc2)c1F. The fraction of sp³-hybridized carbons (Fsp3) is 0. The number of nitrogens with zero attached hydrogens (tertiary/aromatic N) is 1. The molecule has 0 bridgehead atoms. The van der Waals surface area contributed by atoms with E-state index in [1.54, 1.807) is 18.2 Å². The molecule has 0 saturated heterocycles. The normalized spacial score (nSPS) is 10.2. The van der Waals surface area contributed by atoms with E-state index in [1.807, 2.05) is 30.3 Å². The summed E-state index contributed by atoms with van der Waals surface area (Å²) >= 11 is 0. The first-order valence-electron chi connectivity index (χ1n) is 5.40. The lowest BCUT2D eigenvalue weighted by Gasteiger charge is -2.00. The highest BCUT2D eigenvalue weighted by atomic mass is 19.1. The molecule has 0 aliphatic heterocycles. The van der Waals surface area contributed by atoms with Gasteiger partial charge in [0, 0.05) is 5.56 Å².